The number of hydrogen-bond donors (Lipinski definition) is 1. The second-order valence-electron chi connectivity index (χ2n) is 8.77. The Balaban J connectivity index is 1.97. The van der Waals surface area contributed by atoms with Crippen molar-refractivity contribution < 1.29 is 28.2 Å². The van der Waals surface area contributed by atoms with Gasteiger partial charge >= 0.3 is 12.2 Å². The standard InChI is InChI=1S/C21H32FN5O5/c1-6-12-32-19(30)27-15-14(16(24-27)23-18(29)31-7-2)13-26(20(15,3)4)17(28)21(22)8-10-25(5)11-9-21/h6-13H2,1-5H3,(H,23,24,29). The first kappa shape index (κ1) is 24.0. The van der Waals surface area contributed by atoms with Gasteiger partial charge in [-0.05, 0) is 34.2 Å². The van der Waals surface area contributed by atoms with Crippen LogP contribution in [0.25, 0.3) is 0 Å². The van der Waals surface area contributed by atoms with Crippen molar-refractivity contribution in [3.05, 3.63) is 11.3 Å². The summed E-state index contributed by atoms with van der Waals surface area (Å²) in [6, 6.07) is 0. The van der Waals surface area contributed by atoms with E-state index in [1.165, 1.54) is 4.90 Å². The number of nitrogens with zero attached hydrogens (tertiary/aromatic N) is 4. The molecule has 1 saturated heterocycles. The molecule has 0 radical (unpaired) electrons. The van der Waals surface area contributed by atoms with E-state index < -0.39 is 29.3 Å². The number of halogens is 1. The van der Waals surface area contributed by atoms with Crippen LogP contribution >= 0.6 is 0 Å². The van der Waals surface area contributed by atoms with E-state index in [4.69, 9.17) is 9.47 Å². The molecule has 11 heteroatoms. The van der Waals surface area contributed by atoms with Crippen LogP contribution in [0.15, 0.2) is 0 Å². The average molecular weight is 454 g/mol. The maximum Gasteiger partial charge on any atom is 0.435 e. The molecule has 3 rings (SSSR count). The molecule has 0 atom stereocenters. The molecule has 1 N–H and O–H groups in total. The third-order valence-corrected chi connectivity index (χ3v) is 6.06. The van der Waals surface area contributed by atoms with E-state index in [-0.39, 0.29) is 38.4 Å². The van der Waals surface area contributed by atoms with Crippen LogP contribution in [0.5, 0.6) is 0 Å². The van der Waals surface area contributed by atoms with Crippen LogP contribution in [0.3, 0.4) is 0 Å². The number of likely N-dealkylation sites (tertiary alicyclic amines) is 1. The quantitative estimate of drug-likeness (QED) is 0.731. The van der Waals surface area contributed by atoms with Crippen LogP contribution in [-0.4, -0.2) is 76.7 Å². The summed E-state index contributed by atoms with van der Waals surface area (Å²) in [4.78, 5) is 41.5. The largest absolute Gasteiger partial charge is 0.450 e. The van der Waals surface area contributed by atoms with E-state index in [0.717, 1.165) is 4.68 Å². The molecule has 2 aliphatic rings. The van der Waals surface area contributed by atoms with Crippen molar-refractivity contribution in [1.29, 1.82) is 0 Å². The van der Waals surface area contributed by atoms with Crippen LogP contribution < -0.4 is 5.32 Å². The van der Waals surface area contributed by atoms with Gasteiger partial charge < -0.3 is 19.3 Å². The van der Waals surface area contributed by atoms with Crippen LogP contribution in [0.2, 0.25) is 0 Å². The number of aromatic nitrogens is 2. The monoisotopic (exact) mass is 453 g/mol. The molecule has 1 aromatic rings. The van der Waals surface area contributed by atoms with Crippen molar-refractivity contribution in [2.75, 3.05) is 38.7 Å². The minimum Gasteiger partial charge on any atom is -0.450 e. The molecule has 0 bridgehead atoms. The zero-order valence-electron chi connectivity index (χ0n) is 19.4. The van der Waals surface area contributed by atoms with Crippen molar-refractivity contribution >= 4 is 23.9 Å². The average Bonchev–Trinajstić information content (AvgIpc) is 3.23. The van der Waals surface area contributed by atoms with E-state index in [1.54, 1.807) is 20.8 Å². The van der Waals surface area contributed by atoms with Crippen LogP contribution in [0, 0.1) is 0 Å². The Morgan fingerprint density at radius 1 is 1.16 bits per heavy atom. The fourth-order valence-corrected chi connectivity index (χ4v) is 4.21. The minimum absolute atomic E-state index is 0.00543. The summed E-state index contributed by atoms with van der Waals surface area (Å²) in [5, 5.41) is 6.76. The number of carbonyl (C=O) groups excluding carboxylic acids is 3. The second kappa shape index (κ2) is 9.05. The number of hydrogen-bond acceptors (Lipinski definition) is 7. The van der Waals surface area contributed by atoms with E-state index >= 15 is 4.39 Å². The van der Waals surface area contributed by atoms with Gasteiger partial charge in [-0.2, -0.15) is 4.68 Å². The first-order valence-electron chi connectivity index (χ1n) is 11.0. The molecule has 0 aliphatic carbocycles. The predicted molar refractivity (Wildman–Crippen MR) is 114 cm³/mol. The topological polar surface area (TPSA) is 106 Å². The Morgan fingerprint density at radius 3 is 2.41 bits per heavy atom. The van der Waals surface area contributed by atoms with Gasteiger partial charge in [-0.25, -0.2) is 14.0 Å². The number of piperidine rings is 1. The first-order valence-corrected chi connectivity index (χ1v) is 11.0. The Kier molecular flexibility index (Phi) is 6.77. The van der Waals surface area contributed by atoms with E-state index in [9.17, 15) is 14.4 Å². The Hall–Kier alpha value is -2.69. The highest BCUT2D eigenvalue weighted by atomic mass is 19.1. The van der Waals surface area contributed by atoms with Gasteiger partial charge in [0, 0.05) is 31.5 Å². The highest BCUT2D eigenvalue weighted by molar-refractivity contribution is 5.89. The molecular formula is C21H32FN5O5. The van der Waals surface area contributed by atoms with E-state index in [0.29, 0.717) is 30.8 Å². The zero-order chi connectivity index (χ0) is 23.7. The molecule has 1 aromatic heterocycles. The number of nitrogens with one attached hydrogen (secondary N) is 1. The molecule has 2 aliphatic heterocycles. The number of amides is 2. The van der Waals surface area contributed by atoms with Gasteiger partial charge in [0.1, 0.15) is 0 Å². The van der Waals surface area contributed by atoms with Crippen molar-refractivity contribution in [1.82, 2.24) is 19.6 Å². The molecule has 0 unspecified atom stereocenters. The van der Waals surface area contributed by atoms with Crippen LogP contribution in [0.4, 0.5) is 19.8 Å². The number of anilines is 1. The number of fused-ring (bicyclic) bond motifs is 1. The normalized spacial score (nSPS) is 19.4. The first-order chi connectivity index (χ1) is 15.0. The lowest BCUT2D eigenvalue weighted by molar-refractivity contribution is -0.153. The second-order valence-corrected chi connectivity index (χ2v) is 8.77. The Labute approximate surface area is 187 Å². The molecule has 32 heavy (non-hydrogen) atoms. The van der Waals surface area contributed by atoms with E-state index in [1.807, 2.05) is 18.9 Å². The molecule has 178 valence electrons. The van der Waals surface area contributed by atoms with Gasteiger partial charge in [0.2, 0.25) is 0 Å². The zero-order valence-corrected chi connectivity index (χ0v) is 19.4. The van der Waals surface area contributed by atoms with E-state index in [2.05, 4.69) is 10.4 Å². The maximum absolute atomic E-state index is 15.7. The van der Waals surface area contributed by atoms with Gasteiger partial charge in [0.05, 0.1) is 31.0 Å². The number of alkyl halides is 1. The van der Waals surface area contributed by atoms with Crippen molar-refractivity contribution in [3.63, 3.8) is 0 Å². The van der Waals surface area contributed by atoms with Crippen molar-refractivity contribution in [2.24, 2.45) is 0 Å². The van der Waals surface area contributed by atoms with Gasteiger partial charge in [0.25, 0.3) is 5.91 Å². The molecule has 10 nitrogen and oxygen atoms in total. The molecule has 2 amide bonds. The number of rotatable bonds is 5. The highest BCUT2D eigenvalue weighted by Gasteiger charge is 2.53. The Bertz CT molecular complexity index is 891. The SMILES string of the molecule is CCCOC(=O)n1nc(NC(=O)OCC)c2c1C(C)(C)N(C(=O)C1(F)CCN(C)CC1)C2. The number of ether oxygens (including phenoxy) is 2. The molecule has 0 aromatic carbocycles. The highest BCUT2D eigenvalue weighted by Crippen LogP contribution is 2.44. The summed E-state index contributed by atoms with van der Waals surface area (Å²) in [5.41, 5.74) is -2.19. The van der Waals surface area contributed by atoms with Gasteiger partial charge in [-0.3, -0.25) is 10.1 Å². The number of carbonyl (C=O) groups is 3. The molecule has 3 heterocycles. The molecule has 0 spiro atoms. The minimum atomic E-state index is -1.98. The molecule has 0 saturated carbocycles. The predicted octanol–water partition coefficient (Wildman–Crippen LogP) is 2.86. The van der Waals surface area contributed by atoms with Crippen LogP contribution in [-0.2, 0) is 26.4 Å². The van der Waals surface area contributed by atoms with Crippen molar-refractivity contribution in [3.8, 4) is 0 Å². The van der Waals surface area contributed by atoms with Crippen LogP contribution in [0.1, 0.15) is 58.2 Å². The van der Waals surface area contributed by atoms with Gasteiger partial charge in [0.15, 0.2) is 11.5 Å². The fraction of sp³-hybridized carbons (Fsp3) is 0.714. The maximum atomic E-state index is 15.7. The lowest BCUT2D eigenvalue weighted by Crippen LogP contribution is -2.54. The third-order valence-electron chi connectivity index (χ3n) is 6.06. The summed E-state index contributed by atoms with van der Waals surface area (Å²) in [7, 11) is 1.89. The van der Waals surface area contributed by atoms with Crippen molar-refractivity contribution in [2.45, 2.75) is 64.7 Å². The fourth-order valence-electron chi connectivity index (χ4n) is 4.21. The van der Waals surface area contributed by atoms with Gasteiger partial charge in [-0.15, -0.1) is 5.10 Å². The molecular weight excluding hydrogens is 421 g/mol. The third kappa shape index (κ3) is 4.30. The summed E-state index contributed by atoms with van der Waals surface area (Å²) in [5.74, 6) is -0.533. The summed E-state index contributed by atoms with van der Waals surface area (Å²) in [6.45, 7) is 8.30. The Morgan fingerprint density at radius 2 is 1.81 bits per heavy atom. The van der Waals surface area contributed by atoms with Gasteiger partial charge in [-0.1, -0.05) is 6.92 Å². The lowest BCUT2D eigenvalue weighted by atomic mass is 9.90. The summed E-state index contributed by atoms with van der Waals surface area (Å²) >= 11 is 0. The molecule has 1 fully saturated rings. The lowest BCUT2D eigenvalue weighted by Gasteiger charge is -2.40. The summed E-state index contributed by atoms with van der Waals surface area (Å²) in [6.07, 6.45) is -0.637. The smallest absolute Gasteiger partial charge is 0.435 e. The summed E-state index contributed by atoms with van der Waals surface area (Å²) < 4.78 is 26.9.